The van der Waals surface area contributed by atoms with E-state index < -0.39 is 0 Å². The molecule has 2 heterocycles. The predicted molar refractivity (Wildman–Crippen MR) is 106 cm³/mol. The van der Waals surface area contributed by atoms with Gasteiger partial charge >= 0.3 is 0 Å². The van der Waals surface area contributed by atoms with E-state index in [9.17, 15) is 9.59 Å². The van der Waals surface area contributed by atoms with Crippen LogP contribution in [0.3, 0.4) is 0 Å². The van der Waals surface area contributed by atoms with Gasteiger partial charge < -0.3 is 15.0 Å². The summed E-state index contributed by atoms with van der Waals surface area (Å²) < 4.78 is 5.68. The molecule has 1 aliphatic rings. The van der Waals surface area contributed by atoms with Crippen molar-refractivity contribution in [1.82, 2.24) is 9.97 Å². The van der Waals surface area contributed by atoms with Gasteiger partial charge in [0.05, 0.1) is 17.9 Å². The van der Waals surface area contributed by atoms with Crippen LogP contribution in [-0.2, 0) is 4.79 Å². The lowest BCUT2D eigenvalue weighted by atomic mass is 9.87. The molecule has 2 N–H and O–H groups in total. The highest BCUT2D eigenvalue weighted by Crippen LogP contribution is 2.35. The number of hydrogen-bond acceptors (Lipinski definition) is 5. The largest absolute Gasteiger partial charge is 0.494 e. The van der Waals surface area contributed by atoms with Crippen LogP contribution in [0.15, 0.2) is 34.2 Å². The molecule has 0 saturated carbocycles. The molecule has 0 bridgehead atoms. The first-order valence-corrected chi connectivity index (χ1v) is 9.84. The van der Waals surface area contributed by atoms with Crippen LogP contribution in [0.25, 0.3) is 0 Å². The fourth-order valence-corrected chi connectivity index (χ4v) is 3.49. The minimum Gasteiger partial charge on any atom is -0.494 e. The van der Waals surface area contributed by atoms with Gasteiger partial charge in [0.2, 0.25) is 5.91 Å². The lowest BCUT2D eigenvalue weighted by Crippen LogP contribution is -2.31. The summed E-state index contributed by atoms with van der Waals surface area (Å²) in [6, 6.07) is 7.54. The fourth-order valence-electron chi connectivity index (χ4n) is 2.94. The van der Waals surface area contributed by atoms with Crippen molar-refractivity contribution in [2.45, 2.75) is 37.3 Å². The summed E-state index contributed by atoms with van der Waals surface area (Å²) in [7, 11) is 0. The first kappa shape index (κ1) is 19.1. The summed E-state index contributed by atoms with van der Waals surface area (Å²) in [5.41, 5.74) is 1.09. The molecule has 0 aliphatic carbocycles. The summed E-state index contributed by atoms with van der Waals surface area (Å²) in [6.07, 6.45) is 7.52. The molecule has 1 aromatic heterocycles. The van der Waals surface area contributed by atoms with Gasteiger partial charge in [-0.2, -0.15) is 0 Å². The fraction of sp³-hybridized carbons (Fsp3) is 0.350. The number of carbonyl (C=O) groups excluding carboxylic acids is 1. The summed E-state index contributed by atoms with van der Waals surface area (Å²) in [6.45, 7) is 2.78. The zero-order valence-electron chi connectivity index (χ0n) is 15.1. The summed E-state index contributed by atoms with van der Waals surface area (Å²) >= 11 is 1.25. The Labute approximate surface area is 162 Å². The molecule has 0 saturated heterocycles. The zero-order valence-corrected chi connectivity index (χ0v) is 15.9. The van der Waals surface area contributed by atoms with Crippen molar-refractivity contribution in [2.24, 2.45) is 0 Å². The number of rotatable bonds is 7. The van der Waals surface area contributed by atoms with Crippen molar-refractivity contribution in [3.05, 3.63) is 45.7 Å². The number of H-pyrrole nitrogens is 1. The smallest absolute Gasteiger partial charge is 0.257 e. The maximum Gasteiger partial charge on any atom is 0.257 e. The van der Waals surface area contributed by atoms with E-state index >= 15 is 0 Å². The Morgan fingerprint density at radius 1 is 1.33 bits per heavy atom. The third-order valence-electron chi connectivity index (χ3n) is 4.27. The SMILES string of the molecule is C#CCSc1nc2c(c(=O)[nH]1)[C@@H](c1ccc(OCCCC)cc1)CC(=O)N2. The molecular formula is C20H21N3O3S. The van der Waals surface area contributed by atoms with Crippen molar-refractivity contribution >= 4 is 23.5 Å². The van der Waals surface area contributed by atoms with Crippen LogP contribution in [0.2, 0.25) is 0 Å². The molecule has 27 heavy (non-hydrogen) atoms. The molecule has 0 fully saturated rings. The number of carbonyl (C=O) groups is 1. The minimum absolute atomic E-state index is 0.165. The maximum absolute atomic E-state index is 12.6. The number of unbranched alkanes of at least 4 members (excludes halogenated alkanes) is 1. The Balaban J connectivity index is 1.88. The minimum atomic E-state index is -0.346. The number of terminal acetylenes is 1. The maximum atomic E-state index is 12.6. The highest BCUT2D eigenvalue weighted by Gasteiger charge is 2.30. The van der Waals surface area contributed by atoms with E-state index in [1.807, 2.05) is 24.3 Å². The number of anilines is 1. The number of aromatic nitrogens is 2. The molecule has 1 aromatic carbocycles. The number of nitrogens with one attached hydrogen (secondary N) is 2. The van der Waals surface area contributed by atoms with Crippen LogP contribution >= 0.6 is 11.8 Å². The highest BCUT2D eigenvalue weighted by molar-refractivity contribution is 7.99. The summed E-state index contributed by atoms with van der Waals surface area (Å²) in [4.78, 5) is 31.9. The number of ether oxygens (including phenoxy) is 1. The number of hydrogen-bond donors (Lipinski definition) is 2. The first-order chi connectivity index (χ1) is 13.1. The van der Waals surface area contributed by atoms with E-state index in [1.165, 1.54) is 11.8 Å². The van der Waals surface area contributed by atoms with Crippen molar-refractivity contribution in [3.8, 4) is 18.1 Å². The molecule has 1 aliphatic heterocycles. The molecule has 7 heteroatoms. The Morgan fingerprint density at radius 3 is 2.81 bits per heavy atom. The Bertz CT molecular complexity index is 916. The van der Waals surface area contributed by atoms with Crippen molar-refractivity contribution < 1.29 is 9.53 Å². The van der Waals surface area contributed by atoms with Gasteiger partial charge in [-0.05, 0) is 24.1 Å². The topological polar surface area (TPSA) is 84.1 Å². The molecule has 0 unspecified atom stereocenters. The van der Waals surface area contributed by atoms with Gasteiger partial charge in [-0.15, -0.1) is 6.42 Å². The standard InChI is InChI=1S/C20H21N3O3S/c1-3-5-10-26-14-8-6-13(7-9-14)15-12-16(24)21-18-17(15)19(25)23-20(22-18)27-11-4-2/h2,6-9,15H,3,5,10-12H2,1H3,(H2,21,22,23,24,25)/t15-/m1/s1. The van der Waals surface area contributed by atoms with Crippen LogP contribution < -0.4 is 15.6 Å². The number of amides is 1. The lowest BCUT2D eigenvalue weighted by Gasteiger charge is -2.24. The van der Waals surface area contributed by atoms with E-state index in [2.05, 4.69) is 28.1 Å². The molecular weight excluding hydrogens is 362 g/mol. The second kappa shape index (κ2) is 8.78. The summed E-state index contributed by atoms with van der Waals surface area (Å²) in [5, 5.41) is 3.10. The average Bonchev–Trinajstić information content (AvgIpc) is 2.66. The molecule has 0 radical (unpaired) electrons. The average molecular weight is 383 g/mol. The van der Waals surface area contributed by atoms with Crippen molar-refractivity contribution in [3.63, 3.8) is 0 Å². The Hall–Kier alpha value is -2.72. The van der Waals surface area contributed by atoms with Gasteiger partial charge in [-0.25, -0.2) is 4.98 Å². The number of aromatic amines is 1. The van der Waals surface area contributed by atoms with E-state index in [4.69, 9.17) is 11.2 Å². The van der Waals surface area contributed by atoms with E-state index in [1.54, 1.807) is 0 Å². The highest BCUT2D eigenvalue weighted by atomic mass is 32.2. The van der Waals surface area contributed by atoms with E-state index in [0.29, 0.717) is 28.9 Å². The number of nitrogens with zero attached hydrogens (tertiary/aromatic N) is 1. The van der Waals surface area contributed by atoms with Gasteiger partial charge in [0.1, 0.15) is 11.6 Å². The third kappa shape index (κ3) is 4.52. The number of thioether (sulfide) groups is 1. The molecule has 140 valence electrons. The molecule has 1 amide bonds. The molecule has 0 spiro atoms. The molecule has 1 atom stereocenters. The summed E-state index contributed by atoms with van der Waals surface area (Å²) in [5.74, 6) is 3.45. The van der Waals surface area contributed by atoms with Crippen molar-refractivity contribution in [2.75, 3.05) is 17.7 Å². The van der Waals surface area contributed by atoms with Crippen LogP contribution in [0.5, 0.6) is 5.75 Å². The van der Waals surface area contributed by atoms with Gasteiger partial charge in [0, 0.05) is 12.3 Å². The number of fused-ring (bicyclic) bond motifs is 1. The Morgan fingerprint density at radius 2 is 2.11 bits per heavy atom. The monoisotopic (exact) mass is 383 g/mol. The molecule has 3 rings (SSSR count). The van der Waals surface area contributed by atoms with Gasteiger partial charge in [0.15, 0.2) is 5.16 Å². The van der Waals surface area contributed by atoms with Crippen molar-refractivity contribution in [1.29, 1.82) is 0 Å². The quantitative estimate of drug-likeness (QED) is 0.332. The molecule has 6 nitrogen and oxygen atoms in total. The van der Waals surface area contributed by atoms with Gasteiger partial charge in [0.25, 0.3) is 5.56 Å². The second-order valence-corrected chi connectivity index (χ2v) is 7.17. The second-order valence-electron chi connectivity index (χ2n) is 6.20. The lowest BCUT2D eigenvalue weighted by molar-refractivity contribution is -0.116. The van der Waals surface area contributed by atoms with Crippen LogP contribution in [0, 0.1) is 12.3 Å². The first-order valence-electron chi connectivity index (χ1n) is 8.85. The van der Waals surface area contributed by atoms with Gasteiger partial charge in [-0.1, -0.05) is 43.2 Å². The van der Waals surface area contributed by atoms with Crippen LogP contribution in [-0.4, -0.2) is 28.2 Å². The van der Waals surface area contributed by atoms with E-state index in [0.717, 1.165) is 24.2 Å². The third-order valence-corrected chi connectivity index (χ3v) is 5.05. The van der Waals surface area contributed by atoms with Crippen LogP contribution in [0.1, 0.15) is 43.2 Å². The van der Waals surface area contributed by atoms with Crippen LogP contribution in [0.4, 0.5) is 5.82 Å². The normalized spacial score (nSPS) is 15.6. The van der Waals surface area contributed by atoms with E-state index in [-0.39, 0.29) is 23.8 Å². The Kier molecular flexibility index (Phi) is 6.20. The zero-order chi connectivity index (χ0) is 19.2. The predicted octanol–water partition coefficient (Wildman–Crippen LogP) is 3.15. The van der Waals surface area contributed by atoms with Gasteiger partial charge in [-0.3, -0.25) is 9.59 Å². The molecule has 2 aromatic rings. The number of benzene rings is 1.